The van der Waals surface area contributed by atoms with Crippen LogP contribution in [-0.2, 0) is 11.2 Å². The molecule has 3 N–H and O–H groups in total. The Morgan fingerprint density at radius 2 is 2.00 bits per heavy atom. The molecule has 1 heterocycles. The van der Waals surface area contributed by atoms with Crippen LogP contribution < -0.4 is 5.73 Å². The second-order valence-corrected chi connectivity index (χ2v) is 6.84. The second-order valence-electron chi connectivity index (χ2n) is 6.84. The van der Waals surface area contributed by atoms with Crippen molar-refractivity contribution >= 4 is 5.91 Å². The highest BCUT2D eigenvalue weighted by Gasteiger charge is 2.38. The minimum absolute atomic E-state index is 0.0922. The molecule has 1 fully saturated rings. The zero-order chi connectivity index (χ0) is 17.0. The van der Waals surface area contributed by atoms with Gasteiger partial charge < -0.3 is 10.6 Å². The van der Waals surface area contributed by atoms with E-state index in [-0.39, 0.29) is 5.91 Å². The summed E-state index contributed by atoms with van der Waals surface area (Å²) >= 11 is 0. The molecule has 1 saturated carbocycles. The first-order valence-electron chi connectivity index (χ1n) is 8.73. The fourth-order valence-electron chi connectivity index (χ4n) is 3.45. The molecule has 1 aromatic heterocycles. The van der Waals surface area contributed by atoms with Gasteiger partial charge in [0, 0.05) is 24.8 Å². The van der Waals surface area contributed by atoms with Gasteiger partial charge in [0.2, 0.25) is 5.91 Å². The monoisotopic (exact) mass is 326 g/mol. The topological polar surface area (TPSA) is 75.0 Å². The normalized spacial score (nSPS) is 16.2. The third kappa shape index (κ3) is 3.67. The quantitative estimate of drug-likeness (QED) is 0.857. The van der Waals surface area contributed by atoms with Crippen LogP contribution in [0, 0.1) is 0 Å². The van der Waals surface area contributed by atoms with Gasteiger partial charge in [0.15, 0.2) is 0 Å². The SMILES string of the molecule is CN(CCCc1cc(-c2ccccc2)n[nH]1)C(=O)C1(N)CCCC1. The number of carbonyl (C=O) groups excluding carboxylic acids is 1. The molecule has 0 spiro atoms. The Morgan fingerprint density at radius 1 is 1.29 bits per heavy atom. The van der Waals surface area contributed by atoms with E-state index in [2.05, 4.69) is 28.4 Å². The van der Waals surface area contributed by atoms with Crippen LogP contribution >= 0.6 is 0 Å². The molecule has 2 aromatic rings. The van der Waals surface area contributed by atoms with E-state index in [4.69, 9.17) is 5.73 Å². The number of nitrogens with one attached hydrogen (secondary N) is 1. The molecule has 24 heavy (non-hydrogen) atoms. The first-order valence-corrected chi connectivity index (χ1v) is 8.73. The number of hydrogen-bond donors (Lipinski definition) is 2. The molecular weight excluding hydrogens is 300 g/mol. The fraction of sp³-hybridized carbons (Fsp3) is 0.474. The molecule has 1 amide bonds. The van der Waals surface area contributed by atoms with Crippen molar-refractivity contribution in [1.29, 1.82) is 0 Å². The van der Waals surface area contributed by atoms with Crippen molar-refractivity contribution in [3.63, 3.8) is 0 Å². The smallest absolute Gasteiger partial charge is 0.242 e. The molecule has 1 aromatic carbocycles. The zero-order valence-corrected chi connectivity index (χ0v) is 14.3. The molecule has 0 radical (unpaired) electrons. The number of aromatic amines is 1. The van der Waals surface area contributed by atoms with Crippen molar-refractivity contribution in [2.24, 2.45) is 5.73 Å². The molecule has 5 nitrogen and oxygen atoms in total. The summed E-state index contributed by atoms with van der Waals surface area (Å²) in [5.41, 5.74) is 8.79. The van der Waals surface area contributed by atoms with E-state index in [0.29, 0.717) is 0 Å². The van der Waals surface area contributed by atoms with Gasteiger partial charge in [-0.3, -0.25) is 9.89 Å². The molecule has 0 unspecified atom stereocenters. The number of benzene rings is 1. The summed E-state index contributed by atoms with van der Waals surface area (Å²) in [5.74, 6) is 0.0922. The third-order valence-electron chi connectivity index (χ3n) is 4.91. The molecule has 1 aliphatic carbocycles. The summed E-state index contributed by atoms with van der Waals surface area (Å²) < 4.78 is 0. The van der Waals surface area contributed by atoms with Crippen LogP contribution in [0.4, 0.5) is 0 Å². The highest BCUT2D eigenvalue weighted by atomic mass is 16.2. The lowest BCUT2D eigenvalue weighted by molar-refractivity contribution is -0.135. The van der Waals surface area contributed by atoms with Gasteiger partial charge in [-0.05, 0) is 31.7 Å². The van der Waals surface area contributed by atoms with Crippen LogP contribution in [0.1, 0.15) is 37.8 Å². The number of hydrogen-bond acceptors (Lipinski definition) is 3. The number of H-pyrrole nitrogens is 1. The number of nitrogens with zero attached hydrogens (tertiary/aromatic N) is 2. The van der Waals surface area contributed by atoms with Crippen molar-refractivity contribution in [1.82, 2.24) is 15.1 Å². The summed E-state index contributed by atoms with van der Waals surface area (Å²) in [6, 6.07) is 12.2. The Hall–Kier alpha value is -2.14. The minimum Gasteiger partial charge on any atom is -0.344 e. The van der Waals surface area contributed by atoms with E-state index in [0.717, 1.165) is 62.0 Å². The third-order valence-corrected chi connectivity index (χ3v) is 4.91. The van der Waals surface area contributed by atoms with E-state index >= 15 is 0 Å². The Balaban J connectivity index is 1.50. The van der Waals surface area contributed by atoms with Gasteiger partial charge in [0.25, 0.3) is 0 Å². The van der Waals surface area contributed by atoms with Gasteiger partial charge in [0.05, 0.1) is 11.2 Å². The number of aryl methyl sites for hydroxylation is 1. The molecule has 0 saturated heterocycles. The fourth-order valence-corrected chi connectivity index (χ4v) is 3.45. The number of nitrogens with two attached hydrogens (primary N) is 1. The van der Waals surface area contributed by atoms with E-state index < -0.39 is 5.54 Å². The van der Waals surface area contributed by atoms with Crippen LogP contribution in [0.3, 0.4) is 0 Å². The number of carbonyl (C=O) groups is 1. The Kier molecular flexibility index (Phi) is 5.00. The van der Waals surface area contributed by atoms with Crippen LogP contribution in [0.5, 0.6) is 0 Å². The highest BCUT2D eigenvalue weighted by molar-refractivity contribution is 5.86. The number of amides is 1. The maximum Gasteiger partial charge on any atom is 0.242 e. The van der Waals surface area contributed by atoms with Crippen LogP contribution in [-0.4, -0.2) is 40.1 Å². The summed E-state index contributed by atoms with van der Waals surface area (Å²) in [6.45, 7) is 0.720. The van der Waals surface area contributed by atoms with Crippen molar-refractivity contribution in [2.45, 2.75) is 44.1 Å². The number of aromatic nitrogens is 2. The molecule has 0 aliphatic heterocycles. The predicted octanol–water partition coefficient (Wildman–Crippen LogP) is 2.74. The molecule has 0 atom stereocenters. The van der Waals surface area contributed by atoms with Crippen LogP contribution in [0.15, 0.2) is 36.4 Å². The van der Waals surface area contributed by atoms with Gasteiger partial charge in [-0.2, -0.15) is 5.10 Å². The second kappa shape index (κ2) is 7.18. The van der Waals surface area contributed by atoms with Crippen molar-refractivity contribution in [2.75, 3.05) is 13.6 Å². The number of rotatable bonds is 6. The molecule has 0 bridgehead atoms. The lowest BCUT2D eigenvalue weighted by atomic mass is 9.97. The van der Waals surface area contributed by atoms with Crippen molar-refractivity contribution in [3.05, 3.63) is 42.1 Å². The largest absolute Gasteiger partial charge is 0.344 e. The lowest BCUT2D eigenvalue weighted by Crippen LogP contribution is -2.52. The maximum atomic E-state index is 12.5. The predicted molar refractivity (Wildman–Crippen MR) is 95.4 cm³/mol. The van der Waals surface area contributed by atoms with Gasteiger partial charge in [-0.1, -0.05) is 43.2 Å². The van der Waals surface area contributed by atoms with Gasteiger partial charge >= 0.3 is 0 Å². The highest BCUT2D eigenvalue weighted by Crippen LogP contribution is 2.28. The summed E-state index contributed by atoms with van der Waals surface area (Å²) in [5, 5.41) is 7.46. The standard InChI is InChI=1S/C19H26N4O/c1-23(18(24)19(20)11-5-6-12-19)13-7-10-16-14-17(22-21-16)15-8-3-2-4-9-15/h2-4,8-9,14H,5-7,10-13,20H2,1H3,(H,21,22). The van der Waals surface area contributed by atoms with Crippen molar-refractivity contribution in [3.8, 4) is 11.3 Å². The molecular formula is C19H26N4O. The molecule has 1 aliphatic rings. The lowest BCUT2D eigenvalue weighted by Gasteiger charge is -2.28. The van der Waals surface area contributed by atoms with E-state index in [1.807, 2.05) is 25.2 Å². The van der Waals surface area contributed by atoms with E-state index in [1.165, 1.54) is 0 Å². The summed E-state index contributed by atoms with van der Waals surface area (Å²) in [6.07, 6.45) is 5.52. The molecule has 3 rings (SSSR count). The van der Waals surface area contributed by atoms with Gasteiger partial charge in [0.1, 0.15) is 0 Å². The first kappa shape index (κ1) is 16.7. The molecule has 5 heteroatoms. The number of likely N-dealkylation sites (N-methyl/N-ethyl adjacent to an activating group) is 1. The maximum absolute atomic E-state index is 12.5. The Labute approximate surface area is 143 Å². The summed E-state index contributed by atoms with van der Waals surface area (Å²) in [7, 11) is 1.86. The zero-order valence-electron chi connectivity index (χ0n) is 14.3. The first-order chi connectivity index (χ1) is 11.6. The van der Waals surface area contributed by atoms with E-state index in [9.17, 15) is 4.79 Å². The average molecular weight is 326 g/mol. The van der Waals surface area contributed by atoms with Crippen molar-refractivity contribution < 1.29 is 4.79 Å². The minimum atomic E-state index is -0.622. The van der Waals surface area contributed by atoms with E-state index in [1.54, 1.807) is 4.90 Å². The van der Waals surface area contributed by atoms with Gasteiger partial charge in [-0.25, -0.2) is 0 Å². The average Bonchev–Trinajstić information content (AvgIpc) is 3.25. The Bertz CT molecular complexity index is 674. The van der Waals surface area contributed by atoms with Gasteiger partial charge in [-0.15, -0.1) is 0 Å². The Morgan fingerprint density at radius 3 is 2.71 bits per heavy atom. The van der Waals surface area contributed by atoms with Crippen LogP contribution in [0.2, 0.25) is 0 Å². The summed E-state index contributed by atoms with van der Waals surface area (Å²) in [4.78, 5) is 14.3. The van der Waals surface area contributed by atoms with Crippen LogP contribution in [0.25, 0.3) is 11.3 Å². The molecule has 128 valence electrons.